The minimum absolute atomic E-state index is 0.000114. The lowest BCUT2D eigenvalue weighted by molar-refractivity contribution is 0.0158. The Morgan fingerprint density at radius 2 is 2.00 bits per heavy atom. The van der Waals surface area contributed by atoms with Gasteiger partial charge in [-0.2, -0.15) is 0 Å². The maximum Gasteiger partial charge on any atom is 0.410 e. The van der Waals surface area contributed by atoms with Crippen molar-refractivity contribution in [1.82, 2.24) is 14.9 Å². The monoisotopic (exact) mass is 413 g/mol. The SMILES string of the molecule is CC1CN(c2cc(NCC(O)c3ccccc3)ncn2)CCN1C(=O)OC(C)(C)C. The van der Waals surface area contributed by atoms with E-state index in [4.69, 9.17) is 4.74 Å². The summed E-state index contributed by atoms with van der Waals surface area (Å²) in [6, 6.07) is 11.4. The molecule has 2 unspecified atom stereocenters. The second kappa shape index (κ2) is 9.30. The molecule has 0 bridgehead atoms. The second-order valence-electron chi connectivity index (χ2n) is 8.54. The first-order valence-corrected chi connectivity index (χ1v) is 10.3. The Morgan fingerprint density at radius 3 is 2.67 bits per heavy atom. The molecule has 162 valence electrons. The lowest BCUT2D eigenvalue weighted by Crippen LogP contribution is -2.55. The third-order valence-electron chi connectivity index (χ3n) is 4.89. The number of carbonyl (C=O) groups excluding carboxylic acids is 1. The molecule has 1 aliphatic rings. The van der Waals surface area contributed by atoms with E-state index in [0.29, 0.717) is 32.0 Å². The molecule has 2 atom stereocenters. The molecule has 30 heavy (non-hydrogen) atoms. The van der Waals surface area contributed by atoms with Crippen LogP contribution in [0.2, 0.25) is 0 Å². The molecule has 8 nitrogen and oxygen atoms in total. The van der Waals surface area contributed by atoms with Crippen LogP contribution in [0.25, 0.3) is 0 Å². The zero-order chi connectivity index (χ0) is 21.7. The molecule has 2 heterocycles. The summed E-state index contributed by atoms with van der Waals surface area (Å²) in [4.78, 5) is 25.0. The molecule has 0 spiro atoms. The van der Waals surface area contributed by atoms with E-state index in [1.54, 1.807) is 4.90 Å². The van der Waals surface area contributed by atoms with E-state index < -0.39 is 11.7 Å². The van der Waals surface area contributed by atoms with Gasteiger partial charge in [-0.3, -0.25) is 0 Å². The van der Waals surface area contributed by atoms with Crippen LogP contribution in [0.3, 0.4) is 0 Å². The quantitative estimate of drug-likeness (QED) is 0.778. The van der Waals surface area contributed by atoms with Crippen LogP contribution in [-0.4, -0.2) is 63.9 Å². The van der Waals surface area contributed by atoms with Crippen molar-refractivity contribution >= 4 is 17.7 Å². The Bertz CT molecular complexity index is 840. The lowest BCUT2D eigenvalue weighted by Gasteiger charge is -2.40. The number of nitrogens with zero attached hydrogens (tertiary/aromatic N) is 4. The lowest BCUT2D eigenvalue weighted by atomic mass is 10.1. The predicted molar refractivity (Wildman–Crippen MR) is 117 cm³/mol. The molecule has 2 N–H and O–H groups in total. The fourth-order valence-corrected chi connectivity index (χ4v) is 3.37. The van der Waals surface area contributed by atoms with Crippen molar-refractivity contribution in [1.29, 1.82) is 0 Å². The molecule has 1 aromatic heterocycles. The third-order valence-corrected chi connectivity index (χ3v) is 4.89. The molecule has 8 heteroatoms. The van der Waals surface area contributed by atoms with Crippen LogP contribution in [-0.2, 0) is 4.74 Å². The highest BCUT2D eigenvalue weighted by atomic mass is 16.6. The van der Waals surface area contributed by atoms with Crippen LogP contribution in [0.5, 0.6) is 0 Å². The Morgan fingerprint density at radius 1 is 1.27 bits per heavy atom. The molecular formula is C22H31N5O3. The number of carbonyl (C=O) groups is 1. The number of rotatable bonds is 5. The van der Waals surface area contributed by atoms with Crippen molar-refractivity contribution in [3.63, 3.8) is 0 Å². The fraction of sp³-hybridized carbons (Fsp3) is 0.500. The minimum Gasteiger partial charge on any atom is -0.444 e. The van der Waals surface area contributed by atoms with Crippen LogP contribution >= 0.6 is 0 Å². The molecule has 1 fully saturated rings. The number of aromatic nitrogens is 2. The summed E-state index contributed by atoms with van der Waals surface area (Å²) < 4.78 is 5.51. The van der Waals surface area contributed by atoms with Crippen molar-refractivity contribution in [2.24, 2.45) is 0 Å². The van der Waals surface area contributed by atoms with E-state index in [9.17, 15) is 9.90 Å². The van der Waals surface area contributed by atoms with E-state index >= 15 is 0 Å². The molecule has 1 aromatic carbocycles. The average molecular weight is 414 g/mol. The third kappa shape index (κ3) is 5.82. The fourth-order valence-electron chi connectivity index (χ4n) is 3.37. The van der Waals surface area contributed by atoms with E-state index in [1.165, 1.54) is 6.33 Å². The molecule has 1 aliphatic heterocycles. The van der Waals surface area contributed by atoms with Gasteiger partial charge in [0.15, 0.2) is 0 Å². The van der Waals surface area contributed by atoms with Gasteiger partial charge in [-0.05, 0) is 33.3 Å². The zero-order valence-electron chi connectivity index (χ0n) is 18.1. The van der Waals surface area contributed by atoms with Crippen molar-refractivity contribution in [3.05, 3.63) is 48.3 Å². The number of nitrogens with one attached hydrogen (secondary N) is 1. The molecule has 1 saturated heterocycles. The van der Waals surface area contributed by atoms with Gasteiger partial charge >= 0.3 is 6.09 Å². The average Bonchev–Trinajstić information content (AvgIpc) is 2.71. The number of piperazine rings is 1. The molecule has 0 radical (unpaired) electrons. The number of hydrogen-bond donors (Lipinski definition) is 2. The Balaban J connectivity index is 1.58. The van der Waals surface area contributed by atoms with E-state index in [0.717, 1.165) is 11.4 Å². The topological polar surface area (TPSA) is 90.8 Å². The number of aliphatic hydroxyl groups is 1. The Labute approximate surface area is 177 Å². The molecule has 0 saturated carbocycles. The molecule has 3 rings (SSSR count). The van der Waals surface area contributed by atoms with Crippen LogP contribution < -0.4 is 10.2 Å². The maximum atomic E-state index is 12.4. The largest absolute Gasteiger partial charge is 0.444 e. The van der Waals surface area contributed by atoms with Crippen LogP contribution in [0, 0.1) is 0 Å². The number of benzene rings is 1. The van der Waals surface area contributed by atoms with Gasteiger partial charge in [0, 0.05) is 38.3 Å². The number of amides is 1. The van der Waals surface area contributed by atoms with Crippen molar-refractivity contribution in [3.8, 4) is 0 Å². The summed E-state index contributed by atoms with van der Waals surface area (Å²) in [5, 5.41) is 13.5. The number of ether oxygens (including phenoxy) is 1. The minimum atomic E-state index is -0.623. The molecule has 0 aliphatic carbocycles. The summed E-state index contributed by atoms with van der Waals surface area (Å²) >= 11 is 0. The molecule has 1 amide bonds. The van der Waals surface area contributed by atoms with E-state index in [2.05, 4.69) is 20.2 Å². The first-order valence-electron chi connectivity index (χ1n) is 10.3. The van der Waals surface area contributed by atoms with Gasteiger partial charge in [0.1, 0.15) is 23.6 Å². The van der Waals surface area contributed by atoms with Crippen LogP contribution in [0.1, 0.15) is 39.4 Å². The van der Waals surface area contributed by atoms with Gasteiger partial charge in [0.25, 0.3) is 0 Å². The summed E-state index contributed by atoms with van der Waals surface area (Å²) in [6.45, 7) is 9.85. The van der Waals surface area contributed by atoms with Crippen molar-refractivity contribution < 1.29 is 14.6 Å². The number of aliphatic hydroxyl groups excluding tert-OH is 1. The van der Waals surface area contributed by atoms with E-state index in [1.807, 2.05) is 64.1 Å². The molecular weight excluding hydrogens is 382 g/mol. The first kappa shape index (κ1) is 21.8. The van der Waals surface area contributed by atoms with E-state index in [-0.39, 0.29) is 12.1 Å². The normalized spacial score (nSPS) is 18.1. The van der Waals surface area contributed by atoms with Crippen LogP contribution in [0.4, 0.5) is 16.4 Å². The maximum absolute atomic E-state index is 12.4. The van der Waals surface area contributed by atoms with Gasteiger partial charge in [-0.25, -0.2) is 14.8 Å². The Hall–Kier alpha value is -2.87. The summed E-state index contributed by atoms with van der Waals surface area (Å²) in [5.41, 5.74) is 0.345. The standard InChI is InChI=1S/C22H31N5O3/c1-16-14-26(10-11-27(16)21(29)30-22(2,3)4)20-12-19(24-15-25-20)23-13-18(28)17-8-6-5-7-9-17/h5-9,12,15-16,18,28H,10-11,13-14H2,1-4H3,(H,23,24,25). The summed E-state index contributed by atoms with van der Waals surface area (Å²) in [6.07, 6.45) is 0.605. The van der Waals surface area contributed by atoms with Gasteiger partial charge in [-0.15, -0.1) is 0 Å². The zero-order valence-corrected chi connectivity index (χ0v) is 18.1. The number of hydrogen-bond acceptors (Lipinski definition) is 7. The highest BCUT2D eigenvalue weighted by Gasteiger charge is 2.31. The van der Waals surface area contributed by atoms with Gasteiger partial charge in [0.2, 0.25) is 0 Å². The summed E-state index contributed by atoms with van der Waals surface area (Å²) in [5.74, 6) is 1.44. The number of anilines is 2. The Kier molecular flexibility index (Phi) is 6.77. The highest BCUT2D eigenvalue weighted by molar-refractivity contribution is 5.69. The first-order chi connectivity index (χ1) is 14.2. The van der Waals surface area contributed by atoms with Crippen molar-refractivity contribution in [2.75, 3.05) is 36.4 Å². The predicted octanol–water partition coefficient (Wildman–Crippen LogP) is 3.07. The van der Waals surface area contributed by atoms with Crippen molar-refractivity contribution in [2.45, 2.75) is 45.4 Å². The van der Waals surface area contributed by atoms with Crippen LogP contribution in [0.15, 0.2) is 42.7 Å². The molecule has 2 aromatic rings. The van der Waals surface area contributed by atoms with Gasteiger partial charge < -0.3 is 25.0 Å². The van der Waals surface area contributed by atoms with Gasteiger partial charge in [-0.1, -0.05) is 30.3 Å². The highest BCUT2D eigenvalue weighted by Crippen LogP contribution is 2.21. The second-order valence-corrected chi connectivity index (χ2v) is 8.54. The van der Waals surface area contributed by atoms with Gasteiger partial charge in [0.05, 0.1) is 6.10 Å². The smallest absolute Gasteiger partial charge is 0.410 e. The summed E-state index contributed by atoms with van der Waals surface area (Å²) in [7, 11) is 0.